The SMILES string of the molecule is CC[N+](C)(CC)CNS(=O)(=O)C(F)(F)F. The summed E-state index contributed by atoms with van der Waals surface area (Å²) in [6.45, 7) is 4.42. The van der Waals surface area contributed by atoms with Gasteiger partial charge in [0, 0.05) is 0 Å². The minimum absolute atomic E-state index is 0.218. The minimum atomic E-state index is -5.24. The number of nitrogens with zero attached hydrogens (tertiary/aromatic N) is 1. The summed E-state index contributed by atoms with van der Waals surface area (Å²) in [7, 11) is -3.54. The second kappa shape index (κ2) is 4.67. The van der Waals surface area contributed by atoms with Crippen LogP contribution in [0.15, 0.2) is 0 Å². The van der Waals surface area contributed by atoms with E-state index in [4.69, 9.17) is 0 Å². The van der Waals surface area contributed by atoms with E-state index in [9.17, 15) is 21.6 Å². The Kier molecular flexibility index (Phi) is 4.56. The van der Waals surface area contributed by atoms with E-state index in [1.54, 1.807) is 25.6 Å². The Morgan fingerprint density at radius 2 is 1.60 bits per heavy atom. The van der Waals surface area contributed by atoms with Crippen molar-refractivity contribution in [3.63, 3.8) is 0 Å². The molecule has 0 aliphatic rings. The summed E-state index contributed by atoms with van der Waals surface area (Å²) in [5, 5.41) is 0. The van der Waals surface area contributed by atoms with Crippen LogP contribution in [0.3, 0.4) is 0 Å². The normalized spacial score (nSPS) is 14.3. The van der Waals surface area contributed by atoms with Crippen molar-refractivity contribution in [3.8, 4) is 0 Å². The molecule has 0 aromatic carbocycles. The van der Waals surface area contributed by atoms with Crippen molar-refractivity contribution in [3.05, 3.63) is 0 Å². The molecular weight excluding hydrogens is 233 g/mol. The van der Waals surface area contributed by atoms with E-state index in [1.807, 2.05) is 0 Å². The number of hydrogen-bond donors (Lipinski definition) is 1. The van der Waals surface area contributed by atoms with Gasteiger partial charge in [-0.3, -0.25) is 0 Å². The maximum absolute atomic E-state index is 12.0. The third-order valence-corrected chi connectivity index (χ3v) is 3.59. The van der Waals surface area contributed by atoms with Gasteiger partial charge in [-0.2, -0.15) is 17.9 Å². The van der Waals surface area contributed by atoms with Gasteiger partial charge >= 0.3 is 15.5 Å². The molecule has 0 saturated carbocycles. The Bertz CT molecular complexity index is 296. The van der Waals surface area contributed by atoms with E-state index in [0.29, 0.717) is 13.1 Å². The van der Waals surface area contributed by atoms with E-state index >= 15 is 0 Å². The summed E-state index contributed by atoms with van der Waals surface area (Å²) in [6.07, 6.45) is 0. The number of halogens is 3. The topological polar surface area (TPSA) is 46.2 Å². The molecule has 1 N–H and O–H groups in total. The first-order valence-electron chi connectivity index (χ1n) is 4.47. The summed E-state index contributed by atoms with van der Waals surface area (Å²) in [6, 6.07) is 0. The average molecular weight is 249 g/mol. The standard InChI is InChI=1S/C7H16F3N2O2S/c1-4-12(3,5-2)6-11-15(13,14)7(8,9)10/h11H,4-6H2,1-3H3/q+1. The highest BCUT2D eigenvalue weighted by Crippen LogP contribution is 2.21. The largest absolute Gasteiger partial charge is 0.511 e. The van der Waals surface area contributed by atoms with Crippen molar-refractivity contribution in [2.45, 2.75) is 19.4 Å². The second-order valence-corrected chi connectivity index (χ2v) is 5.26. The molecule has 8 heteroatoms. The van der Waals surface area contributed by atoms with Crippen LogP contribution in [-0.2, 0) is 10.0 Å². The first-order valence-corrected chi connectivity index (χ1v) is 5.96. The van der Waals surface area contributed by atoms with E-state index in [2.05, 4.69) is 0 Å². The molecule has 0 rings (SSSR count). The summed E-state index contributed by atoms with van der Waals surface area (Å²) >= 11 is 0. The van der Waals surface area contributed by atoms with E-state index in [1.165, 1.54) is 0 Å². The van der Waals surface area contributed by atoms with E-state index < -0.39 is 15.5 Å². The lowest BCUT2D eigenvalue weighted by Gasteiger charge is -2.31. The molecular formula is C7H16F3N2O2S+. The van der Waals surface area contributed by atoms with Crippen LogP contribution in [0.5, 0.6) is 0 Å². The molecule has 0 spiro atoms. The Labute approximate surface area is 87.7 Å². The fraction of sp³-hybridized carbons (Fsp3) is 1.00. The van der Waals surface area contributed by atoms with Crippen LogP contribution in [0.1, 0.15) is 13.8 Å². The van der Waals surface area contributed by atoms with Crippen molar-refractivity contribution < 1.29 is 26.1 Å². The zero-order valence-electron chi connectivity index (χ0n) is 8.93. The number of alkyl halides is 3. The van der Waals surface area contributed by atoms with Gasteiger partial charge < -0.3 is 4.48 Å². The molecule has 0 unspecified atom stereocenters. The smallest absolute Gasteiger partial charge is 0.313 e. The quantitative estimate of drug-likeness (QED) is 0.580. The third-order valence-electron chi connectivity index (χ3n) is 2.47. The van der Waals surface area contributed by atoms with Gasteiger partial charge in [-0.1, -0.05) is 0 Å². The van der Waals surface area contributed by atoms with Crippen molar-refractivity contribution in [1.29, 1.82) is 0 Å². The van der Waals surface area contributed by atoms with Crippen molar-refractivity contribution in [2.75, 3.05) is 26.8 Å². The molecule has 0 aliphatic heterocycles. The van der Waals surface area contributed by atoms with Gasteiger partial charge in [0.2, 0.25) is 0 Å². The lowest BCUT2D eigenvalue weighted by molar-refractivity contribution is -0.907. The van der Waals surface area contributed by atoms with Crippen molar-refractivity contribution in [1.82, 2.24) is 4.72 Å². The first kappa shape index (κ1) is 14.7. The molecule has 0 amide bonds. The highest BCUT2D eigenvalue weighted by atomic mass is 32.2. The molecule has 4 nitrogen and oxygen atoms in total. The fourth-order valence-electron chi connectivity index (χ4n) is 0.770. The van der Waals surface area contributed by atoms with Gasteiger partial charge in [0.25, 0.3) is 0 Å². The zero-order valence-corrected chi connectivity index (χ0v) is 9.74. The minimum Gasteiger partial charge on any atom is -0.313 e. The predicted molar refractivity (Wildman–Crippen MR) is 50.2 cm³/mol. The number of nitrogens with one attached hydrogen (secondary N) is 1. The van der Waals surface area contributed by atoms with Crippen molar-refractivity contribution >= 4 is 10.0 Å². The van der Waals surface area contributed by atoms with Crippen LogP contribution < -0.4 is 4.72 Å². The monoisotopic (exact) mass is 249 g/mol. The van der Waals surface area contributed by atoms with E-state index in [-0.39, 0.29) is 11.2 Å². The van der Waals surface area contributed by atoms with Crippen LogP contribution >= 0.6 is 0 Å². The van der Waals surface area contributed by atoms with Crippen LogP contribution in [0, 0.1) is 0 Å². The molecule has 0 radical (unpaired) electrons. The van der Waals surface area contributed by atoms with Gasteiger partial charge in [0.05, 0.1) is 20.1 Å². The fourth-order valence-corrected chi connectivity index (χ4v) is 1.42. The Morgan fingerprint density at radius 3 is 1.87 bits per heavy atom. The van der Waals surface area contributed by atoms with Gasteiger partial charge in [0.15, 0.2) is 0 Å². The van der Waals surface area contributed by atoms with Gasteiger partial charge in [0.1, 0.15) is 6.67 Å². The molecule has 0 atom stereocenters. The lowest BCUT2D eigenvalue weighted by atomic mass is 10.4. The molecule has 0 bridgehead atoms. The molecule has 92 valence electrons. The molecule has 0 heterocycles. The Hall–Kier alpha value is -0.340. The zero-order chi connectivity index (χ0) is 12.3. The highest BCUT2D eigenvalue weighted by Gasteiger charge is 2.46. The first-order chi connectivity index (χ1) is 6.58. The molecule has 0 aliphatic carbocycles. The molecule has 0 aromatic rings. The number of quaternary nitrogens is 1. The molecule has 15 heavy (non-hydrogen) atoms. The maximum Gasteiger partial charge on any atom is 0.511 e. The lowest BCUT2D eigenvalue weighted by Crippen LogP contribution is -2.53. The predicted octanol–water partition coefficient (Wildman–Crippen LogP) is 0.869. The summed E-state index contributed by atoms with van der Waals surface area (Å²) in [4.78, 5) is 0. The van der Waals surface area contributed by atoms with E-state index in [0.717, 1.165) is 0 Å². The molecule has 0 fully saturated rings. The molecule has 0 aromatic heterocycles. The number of rotatable bonds is 5. The third kappa shape index (κ3) is 3.96. The number of hydrogen-bond acceptors (Lipinski definition) is 2. The highest BCUT2D eigenvalue weighted by molar-refractivity contribution is 7.90. The molecule has 0 saturated heterocycles. The number of sulfonamides is 1. The van der Waals surface area contributed by atoms with Crippen LogP contribution in [0.4, 0.5) is 13.2 Å². The Morgan fingerprint density at radius 1 is 1.20 bits per heavy atom. The van der Waals surface area contributed by atoms with Crippen LogP contribution in [-0.4, -0.2) is 45.2 Å². The average Bonchev–Trinajstić information content (AvgIpc) is 2.13. The van der Waals surface area contributed by atoms with Gasteiger partial charge in [-0.15, -0.1) is 0 Å². The van der Waals surface area contributed by atoms with Crippen LogP contribution in [0.25, 0.3) is 0 Å². The van der Waals surface area contributed by atoms with Crippen LogP contribution in [0.2, 0.25) is 0 Å². The van der Waals surface area contributed by atoms with Gasteiger partial charge in [-0.05, 0) is 13.8 Å². The summed E-state index contributed by atoms with van der Waals surface area (Å²) < 4.78 is 59.0. The Balaban J connectivity index is 4.53. The van der Waals surface area contributed by atoms with Crippen molar-refractivity contribution in [2.24, 2.45) is 0 Å². The van der Waals surface area contributed by atoms with Gasteiger partial charge in [-0.25, -0.2) is 8.42 Å². The maximum atomic E-state index is 12.0. The second-order valence-electron chi connectivity index (χ2n) is 3.50. The summed E-state index contributed by atoms with van der Waals surface area (Å²) in [5.41, 5.74) is -5.24. The summed E-state index contributed by atoms with van der Waals surface area (Å²) in [5.74, 6) is 0.